The number of halogens is 1. The summed E-state index contributed by atoms with van der Waals surface area (Å²) in [5.41, 5.74) is 0.499. The zero-order chi connectivity index (χ0) is 14.4. The average molecular weight is 314 g/mol. The van der Waals surface area contributed by atoms with E-state index in [9.17, 15) is 4.79 Å². The van der Waals surface area contributed by atoms with Crippen LogP contribution in [0.1, 0.15) is 36.5 Å². The minimum absolute atomic E-state index is 0.103. The highest BCUT2D eigenvalue weighted by Crippen LogP contribution is 2.20. The third-order valence-electron chi connectivity index (χ3n) is 3.21. The van der Waals surface area contributed by atoms with Gasteiger partial charge in [-0.1, -0.05) is 18.5 Å². The number of carbonyl (C=O) groups is 1. The smallest absolute Gasteiger partial charge is 0.253 e. The number of aromatic nitrogens is 1. The zero-order valence-corrected chi connectivity index (χ0v) is 13.2. The van der Waals surface area contributed by atoms with Gasteiger partial charge in [-0.15, -0.1) is 0 Å². The Kier molecular flexibility index (Phi) is 5.98. The minimum atomic E-state index is -0.103. The quantitative estimate of drug-likeness (QED) is 0.876. The first kappa shape index (κ1) is 15.4. The Bertz CT molecular complexity index is 464. The van der Waals surface area contributed by atoms with Gasteiger partial charge in [0.1, 0.15) is 5.82 Å². The second-order valence-corrected chi connectivity index (χ2v) is 6.47. The Balaban J connectivity index is 2.03. The molecular weight excluding hydrogens is 294 g/mol. The highest BCUT2D eigenvalue weighted by Gasteiger charge is 2.19. The second kappa shape index (κ2) is 7.74. The van der Waals surface area contributed by atoms with Crippen LogP contribution in [0.4, 0.5) is 5.82 Å². The lowest BCUT2D eigenvalue weighted by molar-refractivity contribution is 0.0935. The van der Waals surface area contributed by atoms with Crippen LogP contribution in [0.5, 0.6) is 0 Å². The minimum Gasteiger partial charge on any atom is -0.370 e. The number of hydrogen-bond acceptors (Lipinski definition) is 4. The van der Waals surface area contributed by atoms with Crippen molar-refractivity contribution in [3.8, 4) is 0 Å². The number of carbonyl (C=O) groups excluding carboxylic acids is 1. The number of hydrogen-bond donors (Lipinski definition) is 2. The van der Waals surface area contributed by atoms with Gasteiger partial charge in [0.15, 0.2) is 0 Å². The zero-order valence-electron chi connectivity index (χ0n) is 11.6. The largest absolute Gasteiger partial charge is 0.370 e. The average Bonchev–Trinajstić information content (AvgIpc) is 2.47. The Hall–Kier alpha value is -0.940. The lowest BCUT2D eigenvalue weighted by Gasteiger charge is -2.22. The van der Waals surface area contributed by atoms with Gasteiger partial charge in [0.2, 0.25) is 0 Å². The van der Waals surface area contributed by atoms with Crippen molar-refractivity contribution in [2.24, 2.45) is 0 Å². The molecule has 20 heavy (non-hydrogen) atoms. The molecule has 0 aliphatic carbocycles. The molecule has 1 aromatic heterocycles. The first-order valence-corrected chi connectivity index (χ1v) is 8.52. The first-order valence-electron chi connectivity index (χ1n) is 6.98. The van der Waals surface area contributed by atoms with Gasteiger partial charge in [-0.25, -0.2) is 4.98 Å². The van der Waals surface area contributed by atoms with Crippen LogP contribution in [0.3, 0.4) is 0 Å². The predicted molar refractivity (Wildman–Crippen MR) is 85.8 cm³/mol. The summed E-state index contributed by atoms with van der Waals surface area (Å²) in [6, 6.07) is 1.99. The molecule has 1 aliphatic heterocycles. The molecule has 110 valence electrons. The van der Waals surface area contributed by atoms with Crippen molar-refractivity contribution in [2.45, 2.75) is 32.2 Å². The summed E-state index contributed by atoms with van der Waals surface area (Å²) in [4.78, 5) is 16.5. The van der Waals surface area contributed by atoms with Crippen LogP contribution in [0.25, 0.3) is 0 Å². The van der Waals surface area contributed by atoms with Crippen LogP contribution in [-0.4, -0.2) is 35.0 Å². The molecule has 0 unspecified atom stereocenters. The number of amides is 1. The van der Waals surface area contributed by atoms with Gasteiger partial charge in [0, 0.05) is 18.8 Å². The van der Waals surface area contributed by atoms with Gasteiger partial charge in [0.05, 0.1) is 10.6 Å². The summed E-state index contributed by atoms with van der Waals surface area (Å²) in [5, 5.41) is 6.63. The first-order chi connectivity index (χ1) is 9.70. The predicted octanol–water partition coefficient (Wildman–Crippen LogP) is 3.18. The van der Waals surface area contributed by atoms with E-state index in [-0.39, 0.29) is 11.9 Å². The van der Waals surface area contributed by atoms with E-state index in [0.717, 1.165) is 37.3 Å². The van der Waals surface area contributed by atoms with E-state index >= 15 is 0 Å². The van der Waals surface area contributed by atoms with E-state index in [1.807, 2.05) is 11.8 Å². The third kappa shape index (κ3) is 4.28. The monoisotopic (exact) mass is 313 g/mol. The summed E-state index contributed by atoms with van der Waals surface area (Å²) in [6.07, 6.45) is 4.59. The molecule has 0 radical (unpaired) electrons. The van der Waals surface area contributed by atoms with Crippen LogP contribution in [-0.2, 0) is 0 Å². The number of thioether (sulfide) groups is 1. The standard InChI is InChI=1S/C14H20ClN3OS/c1-2-5-16-13-8-11(12(15)9-17-13)14(19)18-10-3-6-20-7-4-10/h8-10H,2-7H2,1H3,(H,16,17)(H,18,19). The van der Waals surface area contributed by atoms with Crippen molar-refractivity contribution >= 4 is 35.1 Å². The lowest BCUT2D eigenvalue weighted by atomic mass is 10.1. The number of rotatable bonds is 5. The van der Waals surface area contributed by atoms with E-state index in [2.05, 4.69) is 22.5 Å². The van der Waals surface area contributed by atoms with E-state index < -0.39 is 0 Å². The number of anilines is 1. The number of nitrogens with zero attached hydrogens (tertiary/aromatic N) is 1. The number of pyridine rings is 1. The summed E-state index contributed by atoms with van der Waals surface area (Å²) < 4.78 is 0. The molecular formula is C14H20ClN3OS. The molecule has 2 rings (SSSR count). The Morgan fingerprint density at radius 2 is 2.25 bits per heavy atom. The van der Waals surface area contributed by atoms with Crippen molar-refractivity contribution in [1.82, 2.24) is 10.3 Å². The molecule has 0 aromatic carbocycles. The molecule has 2 N–H and O–H groups in total. The fourth-order valence-corrected chi connectivity index (χ4v) is 3.36. The molecule has 1 amide bonds. The van der Waals surface area contributed by atoms with Gasteiger partial charge in [-0.05, 0) is 36.8 Å². The summed E-state index contributed by atoms with van der Waals surface area (Å²) >= 11 is 8.03. The molecule has 1 aromatic rings. The van der Waals surface area contributed by atoms with Crippen LogP contribution >= 0.6 is 23.4 Å². The second-order valence-electron chi connectivity index (χ2n) is 4.84. The Morgan fingerprint density at radius 1 is 1.50 bits per heavy atom. The fraction of sp³-hybridized carbons (Fsp3) is 0.571. The van der Waals surface area contributed by atoms with E-state index in [1.54, 1.807) is 6.07 Å². The lowest BCUT2D eigenvalue weighted by Crippen LogP contribution is -2.37. The molecule has 4 nitrogen and oxygen atoms in total. The van der Waals surface area contributed by atoms with Crippen molar-refractivity contribution in [3.63, 3.8) is 0 Å². The molecule has 6 heteroatoms. The molecule has 1 aliphatic rings. The van der Waals surface area contributed by atoms with E-state index in [0.29, 0.717) is 16.4 Å². The molecule has 2 heterocycles. The Morgan fingerprint density at radius 3 is 2.95 bits per heavy atom. The van der Waals surface area contributed by atoms with Crippen LogP contribution in [0, 0.1) is 0 Å². The summed E-state index contributed by atoms with van der Waals surface area (Å²) in [5.74, 6) is 2.81. The molecule has 0 spiro atoms. The third-order valence-corrected chi connectivity index (χ3v) is 4.56. The SMILES string of the molecule is CCCNc1cc(C(=O)NC2CCSCC2)c(Cl)cn1. The van der Waals surface area contributed by atoms with Gasteiger partial charge < -0.3 is 10.6 Å². The van der Waals surface area contributed by atoms with Gasteiger partial charge >= 0.3 is 0 Å². The maximum Gasteiger partial charge on any atom is 0.253 e. The molecule has 0 bridgehead atoms. The van der Waals surface area contributed by atoms with Gasteiger partial charge in [0.25, 0.3) is 5.91 Å². The Labute approximate surface area is 129 Å². The highest BCUT2D eigenvalue weighted by atomic mass is 35.5. The van der Waals surface area contributed by atoms with Crippen LogP contribution < -0.4 is 10.6 Å². The summed E-state index contributed by atoms with van der Waals surface area (Å²) in [6.45, 7) is 2.91. The fourth-order valence-electron chi connectivity index (χ4n) is 2.07. The topological polar surface area (TPSA) is 54.0 Å². The van der Waals surface area contributed by atoms with Crippen LogP contribution in [0.15, 0.2) is 12.3 Å². The van der Waals surface area contributed by atoms with Crippen LogP contribution in [0.2, 0.25) is 5.02 Å². The van der Waals surface area contributed by atoms with Crippen molar-refractivity contribution in [1.29, 1.82) is 0 Å². The molecule has 0 saturated carbocycles. The maximum absolute atomic E-state index is 12.3. The number of nitrogens with one attached hydrogen (secondary N) is 2. The molecule has 1 saturated heterocycles. The normalized spacial score (nSPS) is 15.9. The summed E-state index contributed by atoms with van der Waals surface area (Å²) in [7, 11) is 0. The van der Waals surface area contributed by atoms with Gasteiger partial charge in [-0.3, -0.25) is 4.79 Å². The maximum atomic E-state index is 12.3. The molecule has 0 atom stereocenters. The highest BCUT2D eigenvalue weighted by molar-refractivity contribution is 7.99. The van der Waals surface area contributed by atoms with E-state index in [1.165, 1.54) is 6.20 Å². The molecule has 1 fully saturated rings. The van der Waals surface area contributed by atoms with Crippen molar-refractivity contribution in [2.75, 3.05) is 23.4 Å². The van der Waals surface area contributed by atoms with Gasteiger partial charge in [-0.2, -0.15) is 11.8 Å². The van der Waals surface area contributed by atoms with E-state index in [4.69, 9.17) is 11.6 Å². The van der Waals surface area contributed by atoms with Crippen molar-refractivity contribution in [3.05, 3.63) is 22.8 Å². The van der Waals surface area contributed by atoms with Crippen molar-refractivity contribution < 1.29 is 4.79 Å².